The smallest absolute Gasteiger partial charge is 0.338 e. The molecule has 1 aliphatic rings. The fourth-order valence-electron chi connectivity index (χ4n) is 5.49. The molecule has 1 saturated heterocycles. The highest BCUT2D eigenvalue weighted by atomic mass is 16.7. The molecular formula is C38H39NO11. The Morgan fingerprint density at radius 3 is 1.72 bits per heavy atom. The minimum Gasteiger partial charge on any atom is -0.465 e. The molecule has 12 heteroatoms. The lowest BCUT2D eigenvalue weighted by atomic mass is 9.97. The van der Waals surface area contributed by atoms with Crippen molar-refractivity contribution in [1.29, 1.82) is 0 Å². The summed E-state index contributed by atoms with van der Waals surface area (Å²) in [5, 5.41) is 12.0. The Balaban J connectivity index is 1.49. The number of nitro benzene ring substituents is 1. The van der Waals surface area contributed by atoms with Crippen LogP contribution in [0, 0.1) is 10.1 Å². The van der Waals surface area contributed by atoms with Crippen LogP contribution in [0.5, 0.6) is 0 Å². The van der Waals surface area contributed by atoms with Gasteiger partial charge in [0.1, 0.15) is 31.0 Å². The molecule has 1 fully saturated rings. The molecule has 1 heterocycles. The molecular weight excluding hydrogens is 646 g/mol. The zero-order valence-corrected chi connectivity index (χ0v) is 27.8. The zero-order valence-electron chi connectivity index (χ0n) is 27.8. The van der Waals surface area contributed by atoms with Gasteiger partial charge >= 0.3 is 11.9 Å². The van der Waals surface area contributed by atoms with Crippen molar-refractivity contribution in [2.75, 3.05) is 13.7 Å². The molecule has 0 aromatic heterocycles. The zero-order chi connectivity index (χ0) is 35.3. The first-order valence-electron chi connectivity index (χ1n) is 16.0. The van der Waals surface area contributed by atoms with Crippen LogP contribution in [0.4, 0.5) is 5.69 Å². The Labute approximate surface area is 289 Å². The molecule has 50 heavy (non-hydrogen) atoms. The number of hydrogen-bond donors (Lipinski definition) is 0. The summed E-state index contributed by atoms with van der Waals surface area (Å²) in [5.41, 5.74) is 2.57. The molecule has 1 aliphatic heterocycles. The fourth-order valence-corrected chi connectivity index (χ4v) is 5.49. The number of rotatable bonds is 16. The van der Waals surface area contributed by atoms with Crippen molar-refractivity contribution in [3.8, 4) is 0 Å². The van der Waals surface area contributed by atoms with Crippen molar-refractivity contribution in [1.82, 2.24) is 0 Å². The number of nitrogens with zero attached hydrogens (tertiary/aromatic N) is 1. The van der Waals surface area contributed by atoms with Gasteiger partial charge in [-0.2, -0.15) is 0 Å². The van der Waals surface area contributed by atoms with E-state index in [4.69, 9.17) is 33.2 Å². The molecule has 0 radical (unpaired) electrons. The van der Waals surface area contributed by atoms with Gasteiger partial charge in [-0.15, -0.1) is 0 Å². The summed E-state index contributed by atoms with van der Waals surface area (Å²) >= 11 is 0. The summed E-state index contributed by atoms with van der Waals surface area (Å²) in [6.45, 7) is 1.38. The third-order valence-corrected chi connectivity index (χ3v) is 8.00. The van der Waals surface area contributed by atoms with E-state index < -0.39 is 47.6 Å². The third-order valence-electron chi connectivity index (χ3n) is 8.00. The quantitative estimate of drug-likeness (QED) is 0.0786. The largest absolute Gasteiger partial charge is 0.465 e. The normalized spacial score (nSPS) is 20.2. The Morgan fingerprint density at radius 1 is 0.700 bits per heavy atom. The second-order valence-corrected chi connectivity index (χ2v) is 11.5. The molecule has 4 aromatic rings. The highest BCUT2D eigenvalue weighted by Gasteiger charge is 2.49. The Morgan fingerprint density at radius 2 is 1.22 bits per heavy atom. The van der Waals surface area contributed by atoms with E-state index in [-0.39, 0.29) is 49.8 Å². The summed E-state index contributed by atoms with van der Waals surface area (Å²) in [6.07, 6.45) is -4.56. The van der Waals surface area contributed by atoms with Gasteiger partial charge in [0.05, 0.1) is 49.6 Å². The topological polar surface area (TPSA) is 142 Å². The molecule has 0 N–H and O–H groups in total. The number of benzene rings is 4. The monoisotopic (exact) mass is 685 g/mol. The maximum atomic E-state index is 12.1. The first-order chi connectivity index (χ1) is 24.3. The van der Waals surface area contributed by atoms with E-state index in [2.05, 4.69) is 0 Å². The second kappa shape index (κ2) is 18.1. The van der Waals surface area contributed by atoms with Crippen molar-refractivity contribution in [3.05, 3.63) is 147 Å². The summed E-state index contributed by atoms with van der Waals surface area (Å²) in [6, 6.07) is 32.7. The molecule has 12 nitrogen and oxygen atoms in total. The summed E-state index contributed by atoms with van der Waals surface area (Å²) in [4.78, 5) is 35.5. The lowest BCUT2D eigenvalue weighted by Crippen LogP contribution is -2.61. The summed E-state index contributed by atoms with van der Waals surface area (Å²) in [5.74, 6) is -1.22. The number of nitro groups is 1. The molecule has 4 aromatic carbocycles. The van der Waals surface area contributed by atoms with Crippen molar-refractivity contribution >= 4 is 17.6 Å². The number of methoxy groups -OCH3 is 1. The van der Waals surface area contributed by atoms with Crippen LogP contribution in [0.1, 0.15) is 39.5 Å². The number of carbonyl (C=O) groups excluding carboxylic acids is 2. The standard InChI is InChI=1S/C38H39NO11/c1-26(40)45-25-33-34(46-21-27-12-6-3-7-13-27)35(47-22-28-14-8-4-9-15-28)36(48-23-29-16-10-5-11-17-29)38(50-33)49-24-31-19-18-30(37(41)44-2)20-32(31)39(42)43/h3-20,33-36,38H,21-25H2,1-2H3/t33-,34-,35+,36+,38+/m1/s1. The van der Waals surface area contributed by atoms with Crippen LogP contribution >= 0.6 is 0 Å². The molecule has 5 atom stereocenters. The van der Waals surface area contributed by atoms with E-state index in [1.54, 1.807) is 0 Å². The van der Waals surface area contributed by atoms with Crippen molar-refractivity contribution in [2.24, 2.45) is 0 Å². The summed E-state index contributed by atoms with van der Waals surface area (Å²) in [7, 11) is 1.19. The molecule has 0 amide bonds. The highest BCUT2D eigenvalue weighted by molar-refractivity contribution is 5.90. The molecule has 0 saturated carbocycles. The SMILES string of the molecule is COC(=O)c1ccc(CO[C@H]2O[C@H](COC(C)=O)[C@@H](OCc3ccccc3)[C@H](OCc3ccccc3)[C@@H]2OCc2ccccc2)c([N+](=O)[O-])c1. The predicted octanol–water partition coefficient (Wildman–Crippen LogP) is 5.94. The van der Waals surface area contributed by atoms with Gasteiger partial charge in [-0.05, 0) is 28.8 Å². The van der Waals surface area contributed by atoms with E-state index in [0.717, 1.165) is 22.8 Å². The molecule has 0 aliphatic carbocycles. The van der Waals surface area contributed by atoms with Crippen molar-refractivity contribution in [3.63, 3.8) is 0 Å². The van der Waals surface area contributed by atoms with E-state index in [1.807, 2.05) is 91.0 Å². The van der Waals surface area contributed by atoms with Gasteiger partial charge in [0.15, 0.2) is 6.29 Å². The van der Waals surface area contributed by atoms with Gasteiger partial charge in [0, 0.05) is 13.0 Å². The lowest BCUT2D eigenvalue weighted by molar-refractivity contribution is -0.386. The molecule has 5 rings (SSSR count). The van der Waals surface area contributed by atoms with Crippen LogP contribution in [0.25, 0.3) is 0 Å². The van der Waals surface area contributed by atoms with Crippen LogP contribution in [0.2, 0.25) is 0 Å². The van der Waals surface area contributed by atoms with Crippen LogP contribution < -0.4 is 0 Å². The first kappa shape index (κ1) is 36.3. The van der Waals surface area contributed by atoms with Crippen LogP contribution in [-0.4, -0.2) is 61.3 Å². The number of ether oxygens (including phenoxy) is 7. The lowest BCUT2D eigenvalue weighted by Gasteiger charge is -2.45. The average molecular weight is 686 g/mol. The van der Waals surface area contributed by atoms with Gasteiger partial charge in [0.25, 0.3) is 5.69 Å². The van der Waals surface area contributed by atoms with E-state index in [1.165, 1.54) is 26.2 Å². The van der Waals surface area contributed by atoms with Gasteiger partial charge in [0.2, 0.25) is 0 Å². The second-order valence-electron chi connectivity index (χ2n) is 11.5. The fraction of sp³-hybridized carbons (Fsp3) is 0.316. The minimum atomic E-state index is -1.16. The average Bonchev–Trinajstić information content (AvgIpc) is 3.14. The van der Waals surface area contributed by atoms with E-state index in [0.29, 0.717) is 0 Å². The van der Waals surface area contributed by atoms with E-state index >= 15 is 0 Å². The van der Waals surface area contributed by atoms with Crippen molar-refractivity contribution in [2.45, 2.75) is 64.1 Å². The number of hydrogen-bond acceptors (Lipinski definition) is 11. The number of carbonyl (C=O) groups is 2. The van der Waals surface area contributed by atoms with Gasteiger partial charge in [-0.3, -0.25) is 14.9 Å². The van der Waals surface area contributed by atoms with Crippen LogP contribution in [0.3, 0.4) is 0 Å². The minimum absolute atomic E-state index is 0.0233. The van der Waals surface area contributed by atoms with Gasteiger partial charge < -0.3 is 33.2 Å². The Bertz CT molecular complexity index is 1690. The third kappa shape index (κ3) is 10.0. The first-order valence-corrected chi connectivity index (χ1v) is 16.0. The van der Waals surface area contributed by atoms with Gasteiger partial charge in [-0.1, -0.05) is 91.0 Å². The van der Waals surface area contributed by atoms with Gasteiger partial charge in [-0.25, -0.2) is 4.79 Å². The van der Waals surface area contributed by atoms with E-state index in [9.17, 15) is 19.7 Å². The summed E-state index contributed by atoms with van der Waals surface area (Å²) < 4.78 is 42.5. The molecule has 0 unspecified atom stereocenters. The van der Waals surface area contributed by atoms with Crippen molar-refractivity contribution < 1.29 is 47.7 Å². The highest BCUT2D eigenvalue weighted by Crippen LogP contribution is 2.33. The Kier molecular flexibility index (Phi) is 13.2. The number of esters is 2. The molecule has 262 valence electrons. The molecule has 0 spiro atoms. The van der Waals surface area contributed by atoms with Crippen LogP contribution in [-0.2, 0) is 64.4 Å². The van der Waals surface area contributed by atoms with Crippen LogP contribution in [0.15, 0.2) is 109 Å². The predicted molar refractivity (Wildman–Crippen MR) is 180 cm³/mol. The maximum Gasteiger partial charge on any atom is 0.338 e. The Hall–Kier alpha value is -4.98. The maximum absolute atomic E-state index is 12.1. The molecule has 0 bridgehead atoms.